The molecule has 2 aliphatic heterocycles. The number of benzene rings is 1. The Morgan fingerprint density at radius 1 is 1.14 bits per heavy atom. The largest absolute Gasteiger partial charge is 0.454 e. The van der Waals surface area contributed by atoms with Gasteiger partial charge in [0.15, 0.2) is 17.8 Å². The Balaban J connectivity index is 1.52. The van der Waals surface area contributed by atoms with Crippen molar-refractivity contribution in [3.05, 3.63) is 23.8 Å². The maximum atomic E-state index is 12.8. The molecular formula is C18H23N3O8. The Kier molecular flexibility index (Phi) is 6.86. The lowest BCUT2D eigenvalue weighted by molar-refractivity contribution is -0.142. The van der Waals surface area contributed by atoms with Gasteiger partial charge in [-0.3, -0.25) is 14.4 Å². The Hall–Kier alpha value is -2.89. The fourth-order valence-electron chi connectivity index (χ4n) is 2.90. The first-order valence-electron chi connectivity index (χ1n) is 8.97. The highest BCUT2D eigenvalue weighted by Gasteiger charge is 2.32. The highest BCUT2D eigenvalue weighted by molar-refractivity contribution is 6.35. The minimum Gasteiger partial charge on any atom is -0.454 e. The third-order valence-corrected chi connectivity index (χ3v) is 4.47. The smallest absolute Gasteiger partial charge is 0.309 e. The second kappa shape index (κ2) is 9.54. The number of carbonyl (C=O) groups excluding carboxylic acids is 3. The summed E-state index contributed by atoms with van der Waals surface area (Å²) in [5, 5.41) is 4.86. The van der Waals surface area contributed by atoms with Crippen LogP contribution in [0, 0.1) is 0 Å². The Morgan fingerprint density at radius 2 is 1.86 bits per heavy atom. The standard InChI is InChI=1S/C18H23N3O8/c1-25-15(26-2)9-20-17(23)16(22)19-8-14-21(5-6-27-14)18(24)11-3-4-12-13(7-11)29-10-28-12/h3-4,7,14-15H,5-6,8-10H2,1-2H3,(H,19,22)(H,20,23). The Bertz CT molecular complexity index is 767. The van der Waals surface area contributed by atoms with E-state index in [4.69, 9.17) is 23.7 Å². The molecule has 0 radical (unpaired) electrons. The predicted molar refractivity (Wildman–Crippen MR) is 97.2 cm³/mol. The van der Waals surface area contributed by atoms with Gasteiger partial charge in [0, 0.05) is 26.3 Å². The summed E-state index contributed by atoms with van der Waals surface area (Å²) in [5.74, 6) is -0.869. The van der Waals surface area contributed by atoms with Crippen LogP contribution in [-0.2, 0) is 23.8 Å². The predicted octanol–water partition coefficient (Wildman–Crippen LogP) is -0.935. The minimum atomic E-state index is -0.845. The molecule has 3 rings (SSSR count). The molecule has 29 heavy (non-hydrogen) atoms. The van der Waals surface area contributed by atoms with Crippen LogP contribution in [0.25, 0.3) is 0 Å². The normalized spacial score (nSPS) is 17.5. The van der Waals surface area contributed by atoms with Crippen LogP contribution in [0.15, 0.2) is 18.2 Å². The maximum Gasteiger partial charge on any atom is 0.309 e. The molecule has 0 aromatic heterocycles. The van der Waals surface area contributed by atoms with Gasteiger partial charge in [-0.25, -0.2) is 0 Å². The number of nitrogens with one attached hydrogen (secondary N) is 2. The summed E-state index contributed by atoms with van der Waals surface area (Å²) in [6.07, 6.45) is -1.34. The van der Waals surface area contributed by atoms with Crippen LogP contribution in [0.5, 0.6) is 11.5 Å². The molecule has 2 N–H and O–H groups in total. The Morgan fingerprint density at radius 3 is 2.62 bits per heavy atom. The number of nitrogens with zero attached hydrogens (tertiary/aromatic N) is 1. The van der Waals surface area contributed by atoms with Gasteiger partial charge < -0.3 is 39.2 Å². The molecule has 0 saturated carbocycles. The molecule has 2 heterocycles. The fraction of sp³-hybridized carbons (Fsp3) is 0.500. The zero-order valence-electron chi connectivity index (χ0n) is 16.1. The zero-order chi connectivity index (χ0) is 20.8. The van der Waals surface area contributed by atoms with Gasteiger partial charge in [0.2, 0.25) is 6.79 Å². The maximum absolute atomic E-state index is 12.8. The molecule has 0 spiro atoms. The number of hydrogen-bond acceptors (Lipinski definition) is 8. The molecule has 158 valence electrons. The topological polar surface area (TPSA) is 125 Å². The number of fused-ring (bicyclic) bond motifs is 1. The highest BCUT2D eigenvalue weighted by Crippen LogP contribution is 2.33. The molecule has 0 bridgehead atoms. The lowest BCUT2D eigenvalue weighted by atomic mass is 10.1. The van der Waals surface area contributed by atoms with Crippen LogP contribution >= 0.6 is 0 Å². The summed E-state index contributed by atoms with van der Waals surface area (Å²) in [4.78, 5) is 38.1. The first kappa shape index (κ1) is 20.8. The third kappa shape index (κ3) is 4.94. The number of amides is 3. The van der Waals surface area contributed by atoms with Gasteiger partial charge >= 0.3 is 11.8 Å². The number of rotatable bonds is 7. The van der Waals surface area contributed by atoms with E-state index in [1.165, 1.54) is 19.1 Å². The van der Waals surface area contributed by atoms with Crippen molar-refractivity contribution in [2.45, 2.75) is 12.5 Å². The summed E-state index contributed by atoms with van der Waals surface area (Å²) >= 11 is 0. The number of ether oxygens (including phenoxy) is 5. The fourth-order valence-corrected chi connectivity index (χ4v) is 2.90. The molecule has 11 nitrogen and oxygen atoms in total. The summed E-state index contributed by atoms with van der Waals surface area (Å²) in [6, 6.07) is 4.91. The van der Waals surface area contributed by atoms with Crippen LogP contribution in [0.2, 0.25) is 0 Å². The lowest BCUT2D eigenvalue weighted by Gasteiger charge is -2.23. The van der Waals surface area contributed by atoms with Crippen LogP contribution < -0.4 is 20.1 Å². The minimum absolute atomic E-state index is 0.0217. The van der Waals surface area contributed by atoms with Crippen LogP contribution in [-0.4, -0.2) is 82.4 Å². The Labute approximate surface area is 167 Å². The number of methoxy groups -OCH3 is 2. The molecule has 1 aromatic carbocycles. The second-order valence-electron chi connectivity index (χ2n) is 6.21. The average Bonchev–Trinajstić information content (AvgIpc) is 3.40. The summed E-state index contributed by atoms with van der Waals surface area (Å²) < 4.78 is 25.9. The van der Waals surface area contributed by atoms with E-state index in [9.17, 15) is 14.4 Å². The monoisotopic (exact) mass is 409 g/mol. The summed E-state index contributed by atoms with van der Waals surface area (Å²) in [5.41, 5.74) is 0.416. The van der Waals surface area contributed by atoms with Crippen molar-refractivity contribution < 1.29 is 38.1 Å². The van der Waals surface area contributed by atoms with Crippen molar-refractivity contribution in [1.29, 1.82) is 0 Å². The van der Waals surface area contributed by atoms with Crippen molar-refractivity contribution in [2.75, 3.05) is 47.3 Å². The summed E-state index contributed by atoms with van der Waals surface area (Å²) in [6.45, 7) is 0.802. The van der Waals surface area contributed by atoms with Crippen LogP contribution in [0.4, 0.5) is 0 Å². The van der Waals surface area contributed by atoms with E-state index in [0.717, 1.165) is 0 Å². The van der Waals surface area contributed by atoms with Gasteiger partial charge in [0.1, 0.15) is 6.23 Å². The van der Waals surface area contributed by atoms with E-state index in [0.29, 0.717) is 30.2 Å². The van der Waals surface area contributed by atoms with E-state index in [1.54, 1.807) is 18.2 Å². The molecule has 1 fully saturated rings. The first-order valence-corrected chi connectivity index (χ1v) is 8.97. The van der Waals surface area contributed by atoms with Gasteiger partial charge in [0.05, 0.1) is 19.7 Å². The van der Waals surface area contributed by atoms with E-state index in [2.05, 4.69) is 10.6 Å². The van der Waals surface area contributed by atoms with E-state index in [-0.39, 0.29) is 25.8 Å². The molecule has 0 aliphatic carbocycles. The van der Waals surface area contributed by atoms with Gasteiger partial charge in [-0.1, -0.05) is 0 Å². The van der Waals surface area contributed by atoms with Gasteiger partial charge in [-0.2, -0.15) is 0 Å². The van der Waals surface area contributed by atoms with Crippen molar-refractivity contribution in [1.82, 2.24) is 15.5 Å². The highest BCUT2D eigenvalue weighted by atomic mass is 16.7. The quantitative estimate of drug-likeness (QED) is 0.437. The van der Waals surface area contributed by atoms with Crippen LogP contribution in [0.3, 0.4) is 0 Å². The molecular weight excluding hydrogens is 386 g/mol. The van der Waals surface area contributed by atoms with Crippen molar-refractivity contribution in [3.63, 3.8) is 0 Å². The van der Waals surface area contributed by atoms with Crippen molar-refractivity contribution in [2.24, 2.45) is 0 Å². The number of hydrogen-bond donors (Lipinski definition) is 2. The van der Waals surface area contributed by atoms with Crippen molar-refractivity contribution >= 4 is 17.7 Å². The lowest BCUT2D eigenvalue weighted by Crippen LogP contribution is -2.48. The molecule has 2 aliphatic rings. The van der Waals surface area contributed by atoms with E-state index < -0.39 is 24.3 Å². The van der Waals surface area contributed by atoms with E-state index in [1.807, 2.05) is 0 Å². The van der Waals surface area contributed by atoms with Crippen LogP contribution in [0.1, 0.15) is 10.4 Å². The summed E-state index contributed by atoms with van der Waals surface area (Å²) in [7, 11) is 2.84. The van der Waals surface area contributed by atoms with Gasteiger partial charge in [-0.05, 0) is 18.2 Å². The molecule has 3 amide bonds. The molecule has 11 heteroatoms. The second-order valence-corrected chi connectivity index (χ2v) is 6.21. The number of carbonyl (C=O) groups is 3. The molecule has 1 atom stereocenters. The zero-order valence-corrected chi connectivity index (χ0v) is 16.1. The van der Waals surface area contributed by atoms with Gasteiger partial charge in [-0.15, -0.1) is 0 Å². The third-order valence-electron chi connectivity index (χ3n) is 4.47. The first-order chi connectivity index (χ1) is 14.0. The molecule has 1 aromatic rings. The van der Waals surface area contributed by atoms with Gasteiger partial charge in [0.25, 0.3) is 5.91 Å². The molecule has 1 unspecified atom stereocenters. The average molecular weight is 409 g/mol. The van der Waals surface area contributed by atoms with Crippen molar-refractivity contribution in [3.8, 4) is 11.5 Å². The molecule has 1 saturated heterocycles. The van der Waals surface area contributed by atoms with E-state index >= 15 is 0 Å². The SMILES string of the molecule is COC(CNC(=O)C(=O)NCC1OCCN1C(=O)c1ccc2c(c1)OCO2)OC.